The van der Waals surface area contributed by atoms with E-state index < -0.39 is 0 Å². The van der Waals surface area contributed by atoms with Crippen LogP contribution in [0.25, 0.3) is 0 Å². The van der Waals surface area contributed by atoms with E-state index in [1.54, 1.807) is 0 Å². The molecule has 0 radical (unpaired) electrons. The third-order valence-electron chi connectivity index (χ3n) is 11.6. The molecule has 1 heterocycles. The van der Waals surface area contributed by atoms with Gasteiger partial charge in [0.15, 0.2) is 0 Å². The minimum absolute atomic E-state index is 0.00569. The fourth-order valence-corrected chi connectivity index (χ4v) is 7.99. The third kappa shape index (κ3) is 33.9. The van der Waals surface area contributed by atoms with Gasteiger partial charge < -0.3 is 19.3 Å². The Hall–Kier alpha value is -1.14. The lowest BCUT2D eigenvalue weighted by Crippen LogP contribution is -2.35. The van der Waals surface area contributed by atoms with Crippen molar-refractivity contribution < 1.29 is 19.1 Å². The Labute approximate surface area is 331 Å². The molecular formula is C47H92N2O4. The van der Waals surface area contributed by atoms with E-state index in [4.69, 9.17) is 9.47 Å². The summed E-state index contributed by atoms with van der Waals surface area (Å²) in [6.07, 6.45) is 40.1. The molecule has 1 rings (SSSR count). The maximum Gasteiger partial charge on any atom is 0.305 e. The summed E-state index contributed by atoms with van der Waals surface area (Å²) in [5.41, 5.74) is 0. The number of likely N-dealkylation sites (tertiary alicyclic amines) is 1. The lowest BCUT2D eigenvalue weighted by Gasteiger charge is -2.25. The molecule has 1 saturated heterocycles. The first-order chi connectivity index (χ1) is 26.1. The Morgan fingerprint density at radius 1 is 0.472 bits per heavy atom. The van der Waals surface area contributed by atoms with Crippen molar-refractivity contribution in [1.29, 1.82) is 0 Å². The summed E-state index contributed by atoms with van der Waals surface area (Å²) in [7, 11) is 0. The summed E-state index contributed by atoms with van der Waals surface area (Å²) in [6, 6.07) is 0. The van der Waals surface area contributed by atoms with E-state index in [0.717, 1.165) is 70.5 Å². The SMILES string of the molecule is CCCCCCCCCCCOC(=O)CCCCCN(CCCCCCCC(=O)OCCCC(CCCCCC)CCCCCC)CCN1CCCC1. The number of hydrogen-bond donors (Lipinski definition) is 0. The van der Waals surface area contributed by atoms with Crippen LogP contribution in [0.3, 0.4) is 0 Å². The van der Waals surface area contributed by atoms with Gasteiger partial charge in [-0.15, -0.1) is 0 Å². The van der Waals surface area contributed by atoms with E-state index in [0.29, 0.717) is 26.1 Å². The molecule has 0 spiro atoms. The van der Waals surface area contributed by atoms with Crippen LogP contribution in [0.5, 0.6) is 0 Å². The average molecular weight is 749 g/mol. The first-order valence-electron chi connectivity index (χ1n) is 23.8. The first kappa shape index (κ1) is 49.9. The zero-order valence-corrected chi connectivity index (χ0v) is 36.1. The Morgan fingerprint density at radius 3 is 1.40 bits per heavy atom. The summed E-state index contributed by atoms with van der Waals surface area (Å²) in [5, 5.41) is 0. The van der Waals surface area contributed by atoms with Crippen molar-refractivity contribution in [2.75, 3.05) is 52.5 Å². The standard InChI is InChI=1S/C47H92N2O4/c1-4-7-10-13-14-15-16-20-30-43-52-46(50)36-25-21-27-38-48(41-42-49-39-28-29-40-49)37-26-19-17-18-24-35-47(51)53-44-31-34-45(32-22-11-8-5-2)33-23-12-9-6-3/h45H,4-44H2,1-3H3. The molecule has 6 nitrogen and oxygen atoms in total. The van der Waals surface area contributed by atoms with Crippen LogP contribution in [0.1, 0.15) is 233 Å². The van der Waals surface area contributed by atoms with Gasteiger partial charge in [-0.1, -0.05) is 162 Å². The number of nitrogens with zero attached hydrogens (tertiary/aromatic N) is 2. The largest absolute Gasteiger partial charge is 0.466 e. The van der Waals surface area contributed by atoms with Gasteiger partial charge in [0, 0.05) is 25.9 Å². The lowest BCUT2D eigenvalue weighted by molar-refractivity contribution is -0.144. The number of unbranched alkanes of at least 4 members (excludes halogenated alkanes) is 20. The van der Waals surface area contributed by atoms with Gasteiger partial charge in [-0.3, -0.25) is 9.59 Å². The Balaban J connectivity index is 2.13. The minimum atomic E-state index is -0.00569. The number of carbonyl (C=O) groups excluding carboxylic acids is 2. The van der Waals surface area contributed by atoms with Gasteiger partial charge in [0.1, 0.15) is 0 Å². The molecule has 0 aromatic carbocycles. The highest BCUT2D eigenvalue weighted by molar-refractivity contribution is 5.69. The van der Waals surface area contributed by atoms with Gasteiger partial charge in [0.2, 0.25) is 0 Å². The molecule has 6 heteroatoms. The molecule has 0 unspecified atom stereocenters. The van der Waals surface area contributed by atoms with Crippen LogP contribution >= 0.6 is 0 Å². The predicted octanol–water partition coefficient (Wildman–Crippen LogP) is 13.2. The number of hydrogen-bond acceptors (Lipinski definition) is 6. The Kier molecular flexibility index (Phi) is 36.8. The molecule has 0 atom stereocenters. The molecule has 1 fully saturated rings. The van der Waals surface area contributed by atoms with Crippen LogP contribution in [0.2, 0.25) is 0 Å². The number of carbonyl (C=O) groups is 2. The van der Waals surface area contributed by atoms with Gasteiger partial charge in [-0.25, -0.2) is 0 Å². The van der Waals surface area contributed by atoms with Crippen molar-refractivity contribution in [2.45, 2.75) is 233 Å². The van der Waals surface area contributed by atoms with Gasteiger partial charge in [0.05, 0.1) is 13.2 Å². The van der Waals surface area contributed by atoms with Crippen LogP contribution in [0, 0.1) is 5.92 Å². The molecule has 1 aliphatic heterocycles. The Morgan fingerprint density at radius 2 is 0.868 bits per heavy atom. The van der Waals surface area contributed by atoms with Crippen LogP contribution in [-0.2, 0) is 19.1 Å². The minimum Gasteiger partial charge on any atom is -0.466 e. The zero-order valence-electron chi connectivity index (χ0n) is 36.1. The molecule has 0 aliphatic carbocycles. The second-order valence-electron chi connectivity index (χ2n) is 16.7. The molecule has 1 aliphatic rings. The second-order valence-corrected chi connectivity index (χ2v) is 16.7. The van der Waals surface area contributed by atoms with E-state index in [-0.39, 0.29) is 11.9 Å². The van der Waals surface area contributed by atoms with Crippen molar-refractivity contribution in [1.82, 2.24) is 9.80 Å². The maximum absolute atomic E-state index is 12.4. The monoisotopic (exact) mass is 749 g/mol. The number of rotatable bonds is 41. The summed E-state index contributed by atoms with van der Waals surface area (Å²) in [6.45, 7) is 15.2. The van der Waals surface area contributed by atoms with Crippen molar-refractivity contribution in [3.63, 3.8) is 0 Å². The van der Waals surface area contributed by atoms with Crippen LogP contribution in [-0.4, -0.2) is 74.2 Å². The smallest absolute Gasteiger partial charge is 0.305 e. The first-order valence-corrected chi connectivity index (χ1v) is 23.8. The van der Waals surface area contributed by atoms with Gasteiger partial charge >= 0.3 is 11.9 Å². The van der Waals surface area contributed by atoms with Crippen molar-refractivity contribution >= 4 is 11.9 Å². The molecule has 0 saturated carbocycles. The number of ether oxygens (including phenoxy) is 2. The summed E-state index contributed by atoms with van der Waals surface area (Å²) >= 11 is 0. The molecular weight excluding hydrogens is 657 g/mol. The van der Waals surface area contributed by atoms with E-state index in [1.165, 1.54) is 174 Å². The highest BCUT2D eigenvalue weighted by Gasteiger charge is 2.14. The quantitative estimate of drug-likeness (QED) is 0.0458. The molecule has 53 heavy (non-hydrogen) atoms. The van der Waals surface area contributed by atoms with Crippen molar-refractivity contribution in [3.05, 3.63) is 0 Å². The Bertz CT molecular complexity index is 775. The van der Waals surface area contributed by atoms with E-state index >= 15 is 0 Å². The average Bonchev–Trinajstić information content (AvgIpc) is 3.69. The molecule has 314 valence electrons. The van der Waals surface area contributed by atoms with Crippen molar-refractivity contribution in [2.24, 2.45) is 5.92 Å². The van der Waals surface area contributed by atoms with Crippen LogP contribution < -0.4 is 0 Å². The summed E-state index contributed by atoms with van der Waals surface area (Å²) in [4.78, 5) is 29.9. The van der Waals surface area contributed by atoms with Crippen molar-refractivity contribution in [3.8, 4) is 0 Å². The lowest BCUT2D eigenvalue weighted by atomic mass is 9.91. The van der Waals surface area contributed by atoms with Crippen LogP contribution in [0.15, 0.2) is 0 Å². The zero-order chi connectivity index (χ0) is 38.3. The van der Waals surface area contributed by atoms with E-state index in [1.807, 2.05) is 0 Å². The molecule has 0 aromatic rings. The van der Waals surface area contributed by atoms with Gasteiger partial charge in [-0.2, -0.15) is 0 Å². The third-order valence-corrected chi connectivity index (χ3v) is 11.6. The van der Waals surface area contributed by atoms with E-state index in [2.05, 4.69) is 30.6 Å². The fraction of sp³-hybridized carbons (Fsp3) is 0.957. The van der Waals surface area contributed by atoms with Crippen LogP contribution in [0.4, 0.5) is 0 Å². The topological polar surface area (TPSA) is 59.1 Å². The molecule has 0 bridgehead atoms. The van der Waals surface area contributed by atoms with Gasteiger partial charge in [0.25, 0.3) is 0 Å². The number of esters is 2. The summed E-state index contributed by atoms with van der Waals surface area (Å²) < 4.78 is 11.2. The normalized spacial score (nSPS) is 13.5. The molecule has 0 N–H and O–H groups in total. The molecule has 0 amide bonds. The highest BCUT2D eigenvalue weighted by atomic mass is 16.5. The maximum atomic E-state index is 12.4. The van der Waals surface area contributed by atoms with Gasteiger partial charge in [-0.05, 0) is 89.9 Å². The highest BCUT2D eigenvalue weighted by Crippen LogP contribution is 2.23. The van der Waals surface area contributed by atoms with E-state index in [9.17, 15) is 9.59 Å². The fourth-order valence-electron chi connectivity index (χ4n) is 7.99. The molecule has 0 aromatic heterocycles. The predicted molar refractivity (Wildman–Crippen MR) is 228 cm³/mol. The summed E-state index contributed by atoms with van der Waals surface area (Å²) in [5.74, 6) is 0.815. The second kappa shape index (κ2) is 39.1.